The zero-order valence-corrected chi connectivity index (χ0v) is 16.7. The van der Waals surface area contributed by atoms with E-state index in [9.17, 15) is 9.59 Å². The van der Waals surface area contributed by atoms with Gasteiger partial charge in [0.05, 0.1) is 0 Å². The summed E-state index contributed by atoms with van der Waals surface area (Å²) in [5.74, 6) is -0.173. The summed E-state index contributed by atoms with van der Waals surface area (Å²) in [7, 11) is 0. The van der Waals surface area contributed by atoms with E-state index in [-0.39, 0.29) is 5.56 Å². The molecule has 0 saturated carbocycles. The number of aryl methyl sites for hydroxylation is 2. The van der Waals surface area contributed by atoms with Crippen LogP contribution in [-0.2, 0) is 9.53 Å². The molecule has 0 aliphatic heterocycles. The van der Waals surface area contributed by atoms with Crippen LogP contribution in [-0.4, -0.2) is 11.9 Å². The Balaban J connectivity index is 1.87. The summed E-state index contributed by atoms with van der Waals surface area (Å²) in [4.78, 5) is 25.5. The first kappa shape index (κ1) is 20.0. The molecule has 3 aromatic rings. The number of esters is 1. The standard InChI is InChI=1S/C21H17Cl2NO4/c1-12-8-18(13(2)27-12)21(26)28-19(14-6-4-3-5-7-14)20(25)24-17-10-15(22)9-16(23)11-17/h3-11,19H,1-2H3,(H,24,25)/t19-/m0/s1. The van der Waals surface area contributed by atoms with Crippen LogP contribution in [0.3, 0.4) is 0 Å². The monoisotopic (exact) mass is 417 g/mol. The van der Waals surface area contributed by atoms with Crippen molar-refractivity contribution in [1.82, 2.24) is 0 Å². The molecule has 0 aliphatic carbocycles. The number of nitrogens with one attached hydrogen (secondary N) is 1. The molecule has 1 atom stereocenters. The number of hydrogen-bond acceptors (Lipinski definition) is 4. The first-order valence-electron chi connectivity index (χ1n) is 8.43. The maximum Gasteiger partial charge on any atom is 0.342 e. The number of amides is 1. The van der Waals surface area contributed by atoms with Crippen molar-refractivity contribution in [2.24, 2.45) is 0 Å². The van der Waals surface area contributed by atoms with Gasteiger partial charge in [0.15, 0.2) is 0 Å². The third-order valence-corrected chi connectivity index (χ3v) is 4.39. The quantitative estimate of drug-likeness (QED) is 0.537. The Morgan fingerprint density at radius 1 is 1.00 bits per heavy atom. The molecule has 2 aromatic carbocycles. The smallest absolute Gasteiger partial charge is 0.342 e. The fraction of sp³-hybridized carbons (Fsp3) is 0.143. The zero-order valence-electron chi connectivity index (χ0n) is 15.2. The average Bonchev–Trinajstić information content (AvgIpc) is 2.97. The van der Waals surface area contributed by atoms with Crippen molar-refractivity contribution < 1.29 is 18.7 Å². The minimum atomic E-state index is -1.17. The van der Waals surface area contributed by atoms with Gasteiger partial charge in [0.2, 0.25) is 6.10 Å². The van der Waals surface area contributed by atoms with Gasteiger partial charge in [0, 0.05) is 21.3 Å². The zero-order chi connectivity index (χ0) is 20.3. The molecule has 0 saturated heterocycles. The van der Waals surface area contributed by atoms with Crippen molar-refractivity contribution >= 4 is 40.8 Å². The van der Waals surface area contributed by atoms with Gasteiger partial charge in [-0.1, -0.05) is 53.5 Å². The summed E-state index contributed by atoms with van der Waals surface area (Å²) in [5, 5.41) is 3.44. The largest absolute Gasteiger partial charge is 0.466 e. The SMILES string of the molecule is Cc1cc(C(=O)O[C@H](C(=O)Nc2cc(Cl)cc(Cl)c2)c2ccccc2)c(C)o1. The van der Waals surface area contributed by atoms with Gasteiger partial charge in [-0.2, -0.15) is 0 Å². The fourth-order valence-corrected chi connectivity index (χ4v) is 3.26. The highest BCUT2D eigenvalue weighted by Gasteiger charge is 2.27. The van der Waals surface area contributed by atoms with E-state index in [4.69, 9.17) is 32.4 Å². The lowest BCUT2D eigenvalue weighted by molar-refractivity contribution is -0.125. The van der Waals surface area contributed by atoms with Crippen molar-refractivity contribution in [1.29, 1.82) is 0 Å². The highest BCUT2D eigenvalue weighted by atomic mass is 35.5. The van der Waals surface area contributed by atoms with Crippen LogP contribution in [0.1, 0.15) is 33.5 Å². The Morgan fingerprint density at radius 2 is 1.64 bits per heavy atom. The number of halogens is 2. The van der Waals surface area contributed by atoms with Crippen LogP contribution in [0, 0.1) is 13.8 Å². The number of anilines is 1. The summed E-state index contributed by atoms with van der Waals surface area (Å²) in [5.41, 5.74) is 1.20. The lowest BCUT2D eigenvalue weighted by Gasteiger charge is -2.18. The van der Waals surface area contributed by atoms with Crippen LogP contribution in [0.25, 0.3) is 0 Å². The number of benzene rings is 2. The van der Waals surface area contributed by atoms with Gasteiger partial charge in [-0.15, -0.1) is 0 Å². The van der Waals surface area contributed by atoms with Gasteiger partial charge in [-0.25, -0.2) is 4.79 Å². The first-order chi connectivity index (χ1) is 13.3. The molecule has 1 amide bonds. The molecule has 0 aliphatic rings. The van der Waals surface area contributed by atoms with E-state index in [1.807, 2.05) is 0 Å². The van der Waals surface area contributed by atoms with E-state index in [1.165, 1.54) is 0 Å². The van der Waals surface area contributed by atoms with Gasteiger partial charge in [-0.3, -0.25) is 4.79 Å². The van der Waals surface area contributed by atoms with Crippen LogP contribution in [0.4, 0.5) is 5.69 Å². The fourth-order valence-electron chi connectivity index (χ4n) is 2.74. The molecule has 28 heavy (non-hydrogen) atoms. The lowest BCUT2D eigenvalue weighted by atomic mass is 10.1. The van der Waals surface area contributed by atoms with Gasteiger partial charge in [0.25, 0.3) is 5.91 Å². The molecule has 7 heteroatoms. The van der Waals surface area contributed by atoms with Crippen LogP contribution in [0.15, 0.2) is 59.0 Å². The van der Waals surface area contributed by atoms with E-state index in [1.54, 1.807) is 68.4 Å². The lowest BCUT2D eigenvalue weighted by Crippen LogP contribution is -2.26. The van der Waals surface area contributed by atoms with E-state index >= 15 is 0 Å². The minimum absolute atomic E-state index is 0.275. The number of carbonyl (C=O) groups excluding carboxylic acids is 2. The molecule has 0 spiro atoms. The van der Waals surface area contributed by atoms with Gasteiger partial charge < -0.3 is 14.5 Å². The summed E-state index contributed by atoms with van der Waals surface area (Å²) in [6.45, 7) is 3.39. The van der Waals surface area contributed by atoms with Crippen molar-refractivity contribution in [2.45, 2.75) is 20.0 Å². The summed E-state index contributed by atoms with van der Waals surface area (Å²) < 4.78 is 10.9. The Kier molecular flexibility index (Phi) is 6.07. The predicted octanol–water partition coefficient (Wildman–Crippen LogP) is 5.74. The molecule has 1 N–H and O–H groups in total. The Morgan fingerprint density at radius 3 is 2.21 bits per heavy atom. The van der Waals surface area contributed by atoms with Crippen LogP contribution < -0.4 is 5.32 Å². The topological polar surface area (TPSA) is 68.5 Å². The minimum Gasteiger partial charge on any atom is -0.466 e. The molecule has 1 aromatic heterocycles. The van der Waals surface area contributed by atoms with Gasteiger partial charge in [0.1, 0.15) is 17.1 Å². The number of rotatable bonds is 5. The molecule has 0 radical (unpaired) electrons. The molecule has 144 valence electrons. The van der Waals surface area contributed by atoms with E-state index in [0.717, 1.165) is 0 Å². The second-order valence-electron chi connectivity index (χ2n) is 6.17. The molecule has 0 unspecified atom stereocenters. The molecule has 0 fully saturated rings. The van der Waals surface area contributed by atoms with Crippen molar-refractivity contribution in [2.75, 3.05) is 5.32 Å². The molecule has 0 bridgehead atoms. The number of furan rings is 1. The van der Waals surface area contributed by atoms with Crippen molar-refractivity contribution in [3.8, 4) is 0 Å². The van der Waals surface area contributed by atoms with Gasteiger partial charge in [-0.05, 0) is 38.1 Å². The number of hydrogen-bond donors (Lipinski definition) is 1. The van der Waals surface area contributed by atoms with Crippen LogP contribution in [0.2, 0.25) is 10.0 Å². The van der Waals surface area contributed by atoms with Crippen molar-refractivity contribution in [3.63, 3.8) is 0 Å². The summed E-state index contributed by atoms with van der Waals surface area (Å²) >= 11 is 12.0. The first-order valence-corrected chi connectivity index (χ1v) is 9.19. The predicted molar refractivity (Wildman–Crippen MR) is 108 cm³/mol. The maximum atomic E-state index is 12.9. The second-order valence-corrected chi connectivity index (χ2v) is 7.04. The molecule has 5 nitrogen and oxygen atoms in total. The second kappa shape index (κ2) is 8.50. The van der Waals surface area contributed by atoms with E-state index in [2.05, 4.69) is 5.32 Å². The molecule has 3 rings (SSSR count). The number of carbonyl (C=O) groups is 2. The highest BCUT2D eigenvalue weighted by molar-refractivity contribution is 6.35. The third kappa shape index (κ3) is 4.74. The van der Waals surface area contributed by atoms with Crippen molar-refractivity contribution in [3.05, 3.63) is 87.3 Å². The maximum absolute atomic E-state index is 12.9. The van der Waals surface area contributed by atoms with Gasteiger partial charge >= 0.3 is 5.97 Å². The number of ether oxygens (including phenoxy) is 1. The third-order valence-electron chi connectivity index (χ3n) is 3.96. The molecular formula is C21H17Cl2NO4. The van der Waals surface area contributed by atoms with E-state index in [0.29, 0.717) is 32.8 Å². The Hall–Kier alpha value is -2.76. The summed E-state index contributed by atoms with van der Waals surface area (Å²) in [6, 6.07) is 15.0. The van der Waals surface area contributed by atoms with Crippen LogP contribution in [0.5, 0.6) is 0 Å². The molecular weight excluding hydrogens is 401 g/mol. The highest BCUT2D eigenvalue weighted by Crippen LogP contribution is 2.26. The normalized spacial score (nSPS) is 11.7. The molecule has 1 heterocycles. The Bertz CT molecular complexity index is 994. The average molecular weight is 418 g/mol. The Labute approximate surface area is 172 Å². The van der Waals surface area contributed by atoms with Crippen LogP contribution >= 0.6 is 23.2 Å². The van der Waals surface area contributed by atoms with E-state index < -0.39 is 18.0 Å². The summed E-state index contributed by atoms with van der Waals surface area (Å²) in [6.07, 6.45) is -1.17.